The second-order valence-corrected chi connectivity index (χ2v) is 12.0. The van der Waals surface area contributed by atoms with E-state index >= 15 is 0 Å². The van der Waals surface area contributed by atoms with Crippen LogP contribution in [0.5, 0.6) is 17.2 Å². The highest BCUT2D eigenvalue weighted by Crippen LogP contribution is 2.28. The maximum absolute atomic E-state index is 12.9. The van der Waals surface area contributed by atoms with Gasteiger partial charge >= 0.3 is 12.5 Å². The molecule has 1 atom stereocenters. The van der Waals surface area contributed by atoms with Crippen molar-refractivity contribution in [1.82, 2.24) is 9.62 Å². The summed E-state index contributed by atoms with van der Waals surface area (Å²) in [6, 6.07) is 8.15. The van der Waals surface area contributed by atoms with Crippen molar-refractivity contribution >= 4 is 26.0 Å². The Labute approximate surface area is 205 Å². The average molecular weight is 553 g/mol. The molecule has 0 radical (unpaired) electrons. The number of hydrogen-bond acceptors (Lipinski definition) is 7. The number of ether oxygens (including phenoxy) is 2. The Kier molecular flexibility index (Phi) is 8.36. The summed E-state index contributed by atoms with van der Waals surface area (Å²) in [7, 11) is -7.96. The molecule has 0 aliphatic carbocycles. The molecule has 0 aromatic heterocycles. The molecule has 198 valence electrons. The van der Waals surface area contributed by atoms with Crippen molar-refractivity contribution in [3.8, 4) is 17.2 Å². The number of nitrogens with zero attached hydrogens (tertiary/aromatic N) is 1. The van der Waals surface area contributed by atoms with Crippen molar-refractivity contribution < 1.29 is 49.4 Å². The number of hydrogen-bond donors (Lipinski definition) is 2. The Morgan fingerprint density at radius 1 is 0.917 bits per heavy atom. The van der Waals surface area contributed by atoms with Crippen LogP contribution in [0.25, 0.3) is 0 Å². The number of carboxylic acid groups (broad SMARTS) is 1. The predicted octanol–water partition coefficient (Wildman–Crippen LogP) is 3.21. The summed E-state index contributed by atoms with van der Waals surface area (Å²) in [6.45, 7) is 0.600. The van der Waals surface area contributed by atoms with Gasteiger partial charge in [-0.1, -0.05) is 0 Å². The van der Waals surface area contributed by atoms with Crippen LogP contribution in [0.2, 0.25) is 0 Å². The second-order valence-electron chi connectivity index (χ2n) is 7.91. The van der Waals surface area contributed by atoms with Crippen molar-refractivity contribution in [3.05, 3.63) is 48.5 Å². The van der Waals surface area contributed by atoms with Crippen LogP contribution >= 0.6 is 0 Å². The maximum Gasteiger partial charge on any atom is 0.573 e. The molecule has 1 heterocycles. The number of nitrogens with one attached hydrogen (secondary N) is 1. The van der Waals surface area contributed by atoms with Gasteiger partial charge in [-0.25, -0.2) is 25.9 Å². The van der Waals surface area contributed by atoms with Gasteiger partial charge in [0.2, 0.25) is 10.0 Å². The number of amides is 1. The molecule has 3 rings (SSSR count). The van der Waals surface area contributed by atoms with Crippen molar-refractivity contribution in [2.45, 2.75) is 30.1 Å². The first-order valence-corrected chi connectivity index (χ1v) is 13.8. The first-order chi connectivity index (χ1) is 16.7. The molecule has 1 aliphatic heterocycles. The van der Waals surface area contributed by atoms with E-state index in [2.05, 4.69) is 4.74 Å². The normalized spacial score (nSPS) is 15.9. The third-order valence-corrected chi connectivity index (χ3v) is 8.90. The van der Waals surface area contributed by atoms with Crippen molar-refractivity contribution in [1.29, 1.82) is 0 Å². The molecule has 36 heavy (non-hydrogen) atoms. The largest absolute Gasteiger partial charge is 0.573 e. The fourth-order valence-corrected chi connectivity index (χ4v) is 6.91. The van der Waals surface area contributed by atoms with E-state index in [4.69, 9.17) is 9.84 Å². The topological polar surface area (TPSA) is 139 Å². The third kappa shape index (κ3) is 7.99. The molecule has 0 saturated carbocycles. The van der Waals surface area contributed by atoms with Crippen LogP contribution in [0.3, 0.4) is 0 Å². The second kappa shape index (κ2) is 10.9. The lowest BCUT2D eigenvalue weighted by atomic mass is 10.3. The van der Waals surface area contributed by atoms with E-state index in [9.17, 15) is 34.8 Å². The fraction of sp³-hybridized carbons (Fsp3) is 0.381. The van der Waals surface area contributed by atoms with Gasteiger partial charge in [0.25, 0.3) is 0 Å². The minimum absolute atomic E-state index is 0.165. The van der Waals surface area contributed by atoms with Crippen LogP contribution in [0.15, 0.2) is 53.4 Å². The van der Waals surface area contributed by atoms with Crippen LogP contribution in [0, 0.1) is 0 Å². The monoisotopic (exact) mass is 552 g/mol. The molecule has 15 heteroatoms. The van der Waals surface area contributed by atoms with Gasteiger partial charge in [-0.3, -0.25) is 0 Å². The van der Waals surface area contributed by atoms with E-state index in [1.807, 2.05) is 5.32 Å². The minimum atomic E-state index is -4.83. The molecule has 1 aliphatic rings. The molecule has 10 nitrogen and oxygen atoms in total. The van der Waals surface area contributed by atoms with Crippen LogP contribution in [-0.4, -0.2) is 69.3 Å². The summed E-state index contributed by atoms with van der Waals surface area (Å²) in [6.07, 6.45) is -5.04. The van der Waals surface area contributed by atoms with Gasteiger partial charge in [0.1, 0.15) is 17.2 Å². The lowest BCUT2D eigenvalue weighted by molar-refractivity contribution is -0.274. The van der Waals surface area contributed by atoms with Crippen LogP contribution in [0.4, 0.5) is 18.0 Å². The lowest BCUT2D eigenvalue weighted by Crippen LogP contribution is -2.46. The molecule has 1 unspecified atom stereocenters. The summed E-state index contributed by atoms with van der Waals surface area (Å²) >= 11 is 0. The number of sulfonamides is 1. The van der Waals surface area contributed by atoms with Gasteiger partial charge in [0.15, 0.2) is 9.84 Å². The first kappa shape index (κ1) is 27.5. The Morgan fingerprint density at radius 2 is 1.42 bits per heavy atom. The molecule has 0 bridgehead atoms. The van der Waals surface area contributed by atoms with Crippen molar-refractivity contribution in [2.24, 2.45) is 0 Å². The summed E-state index contributed by atoms with van der Waals surface area (Å²) in [5, 5.41) is 11.0. The van der Waals surface area contributed by atoms with E-state index in [0.29, 0.717) is 25.9 Å². The molecule has 1 saturated heterocycles. The van der Waals surface area contributed by atoms with E-state index < -0.39 is 55.6 Å². The number of halogens is 3. The summed E-state index contributed by atoms with van der Waals surface area (Å²) in [5.74, 6) is -1.58. The predicted molar refractivity (Wildman–Crippen MR) is 121 cm³/mol. The molecule has 2 N–H and O–H groups in total. The van der Waals surface area contributed by atoms with Crippen molar-refractivity contribution in [3.63, 3.8) is 0 Å². The van der Waals surface area contributed by atoms with Gasteiger partial charge < -0.3 is 19.9 Å². The highest BCUT2D eigenvalue weighted by atomic mass is 32.2. The van der Waals surface area contributed by atoms with Crippen molar-refractivity contribution in [2.75, 3.05) is 24.6 Å². The Balaban J connectivity index is 1.68. The lowest BCUT2D eigenvalue weighted by Gasteiger charge is -2.21. The number of carbonyl (C=O) groups is 1. The third-order valence-electron chi connectivity index (χ3n) is 5.09. The summed E-state index contributed by atoms with van der Waals surface area (Å²) in [4.78, 5) is 11.0. The average Bonchev–Trinajstić information content (AvgIpc) is 3.29. The quantitative estimate of drug-likeness (QED) is 0.458. The van der Waals surface area contributed by atoms with E-state index in [0.717, 1.165) is 12.1 Å². The number of rotatable bonds is 10. The van der Waals surface area contributed by atoms with Gasteiger partial charge in [0, 0.05) is 13.1 Å². The zero-order chi connectivity index (χ0) is 26.6. The molecule has 2 aromatic rings. The highest BCUT2D eigenvalue weighted by molar-refractivity contribution is 7.91. The standard InChI is InChI=1S/C21H23F3N2O8S2/c22-21(23,24)34-18-5-3-16(4-6-18)33-17-7-9-19(10-8-17)35(29,30)13-15(25-20(27)28)14-36(31,32)26-11-1-2-12-26/h3-10,15,25H,1-2,11-14H2,(H,27,28). The van der Waals surface area contributed by atoms with Crippen LogP contribution < -0.4 is 14.8 Å². The smallest absolute Gasteiger partial charge is 0.465 e. The zero-order valence-corrected chi connectivity index (χ0v) is 20.3. The van der Waals surface area contributed by atoms with Crippen LogP contribution in [0.1, 0.15) is 12.8 Å². The van der Waals surface area contributed by atoms with E-state index in [-0.39, 0.29) is 16.4 Å². The molecular formula is C21H23F3N2O8S2. The zero-order valence-electron chi connectivity index (χ0n) is 18.6. The number of alkyl halides is 3. The Morgan fingerprint density at radius 3 is 1.92 bits per heavy atom. The Bertz CT molecular complexity index is 1260. The molecular weight excluding hydrogens is 529 g/mol. The first-order valence-electron chi connectivity index (χ1n) is 10.6. The van der Waals surface area contributed by atoms with Gasteiger partial charge in [0.05, 0.1) is 22.4 Å². The van der Waals surface area contributed by atoms with E-state index in [1.165, 1.54) is 40.7 Å². The number of benzene rings is 2. The van der Waals surface area contributed by atoms with Crippen LogP contribution in [-0.2, 0) is 19.9 Å². The fourth-order valence-electron chi connectivity index (χ4n) is 3.55. The Hall–Kier alpha value is -3.04. The van der Waals surface area contributed by atoms with Gasteiger partial charge in [-0.15, -0.1) is 13.2 Å². The SMILES string of the molecule is O=C(O)NC(CS(=O)(=O)c1ccc(Oc2ccc(OC(F)(F)F)cc2)cc1)CS(=O)(=O)N1CCCC1. The van der Waals surface area contributed by atoms with E-state index in [1.54, 1.807) is 0 Å². The highest BCUT2D eigenvalue weighted by Gasteiger charge is 2.32. The molecule has 1 amide bonds. The number of sulfone groups is 1. The van der Waals surface area contributed by atoms with Gasteiger partial charge in [-0.2, -0.15) is 0 Å². The summed E-state index contributed by atoms with van der Waals surface area (Å²) < 4.78 is 98.1. The maximum atomic E-state index is 12.9. The molecule has 0 spiro atoms. The molecule has 2 aromatic carbocycles. The molecule has 1 fully saturated rings. The van der Waals surface area contributed by atoms with Gasteiger partial charge in [-0.05, 0) is 61.4 Å². The minimum Gasteiger partial charge on any atom is -0.465 e. The summed E-state index contributed by atoms with van der Waals surface area (Å²) in [5.41, 5.74) is 0.